The highest BCUT2D eigenvalue weighted by molar-refractivity contribution is 5.95. The van der Waals surface area contributed by atoms with Crippen LogP contribution in [0.5, 0.6) is 0 Å². The molecule has 0 aliphatic carbocycles. The van der Waals surface area contributed by atoms with Crippen molar-refractivity contribution < 1.29 is 9.59 Å². The van der Waals surface area contributed by atoms with Crippen LogP contribution in [0.4, 0.5) is 0 Å². The van der Waals surface area contributed by atoms with Gasteiger partial charge in [-0.1, -0.05) is 43.3 Å². The van der Waals surface area contributed by atoms with Gasteiger partial charge in [0.2, 0.25) is 5.91 Å². The fraction of sp³-hybridized carbons (Fsp3) is 0.391. The largest absolute Gasteiger partial charge is 0.336 e. The Morgan fingerprint density at radius 2 is 1.81 bits per heavy atom. The van der Waals surface area contributed by atoms with Crippen molar-refractivity contribution in [2.45, 2.75) is 46.2 Å². The molecule has 1 atom stereocenters. The van der Waals surface area contributed by atoms with Gasteiger partial charge in [-0.05, 0) is 49.1 Å². The number of rotatable bonds is 4. The van der Waals surface area contributed by atoms with E-state index in [9.17, 15) is 9.59 Å². The molecule has 0 radical (unpaired) electrons. The van der Waals surface area contributed by atoms with E-state index in [1.165, 1.54) is 5.56 Å². The Balaban J connectivity index is 1.79. The van der Waals surface area contributed by atoms with Gasteiger partial charge in [0.25, 0.3) is 5.91 Å². The summed E-state index contributed by atoms with van der Waals surface area (Å²) in [6, 6.07) is 15.9. The van der Waals surface area contributed by atoms with Crippen molar-refractivity contribution in [3.63, 3.8) is 0 Å². The highest BCUT2D eigenvalue weighted by Crippen LogP contribution is 2.20. The van der Waals surface area contributed by atoms with Gasteiger partial charge in [0.05, 0.1) is 0 Å². The van der Waals surface area contributed by atoms with Crippen LogP contribution in [0.25, 0.3) is 0 Å². The summed E-state index contributed by atoms with van der Waals surface area (Å²) in [5, 5.41) is 0. The highest BCUT2D eigenvalue weighted by Gasteiger charge is 2.31. The Kier molecular flexibility index (Phi) is 5.94. The van der Waals surface area contributed by atoms with E-state index in [1.807, 2.05) is 72.2 Å². The molecule has 1 saturated heterocycles. The normalized spacial score (nSPS) is 17.7. The summed E-state index contributed by atoms with van der Waals surface area (Å²) in [6.07, 6.45) is 1.20. The van der Waals surface area contributed by atoms with Gasteiger partial charge >= 0.3 is 0 Å². The van der Waals surface area contributed by atoms with Crippen molar-refractivity contribution in [2.75, 3.05) is 13.1 Å². The lowest BCUT2D eigenvalue weighted by atomic mass is 10.1. The molecule has 0 bridgehead atoms. The third-order valence-corrected chi connectivity index (χ3v) is 5.50. The minimum atomic E-state index is 0.0194. The van der Waals surface area contributed by atoms with Crippen LogP contribution in [0, 0.1) is 13.8 Å². The molecular weight excluding hydrogens is 336 g/mol. The molecule has 4 nitrogen and oxygen atoms in total. The van der Waals surface area contributed by atoms with E-state index >= 15 is 0 Å². The van der Waals surface area contributed by atoms with Gasteiger partial charge in [-0.3, -0.25) is 9.59 Å². The number of hydrogen-bond acceptors (Lipinski definition) is 2. The second-order valence-electron chi connectivity index (χ2n) is 7.37. The smallest absolute Gasteiger partial charge is 0.253 e. The maximum Gasteiger partial charge on any atom is 0.253 e. The van der Waals surface area contributed by atoms with Crippen LogP contribution in [0.3, 0.4) is 0 Å². The van der Waals surface area contributed by atoms with Gasteiger partial charge in [-0.15, -0.1) is 0 Å². The van der Waals surface area contributed by atoms with Gasteiger partial charge in [0.1, 0.15) is 0 Å². The van der Waals surface area contributed by atoms with Crippen molar-refractivity contribution in [1.82, 2.24) is 9.80 Å². The molecule has 1 aliphatic rings. The van der Waals surface area contributed by atoms with Crippen molar-refractivity contribution in [3.05, 3.63) is 70.8 Å². The van der Waals surface area contributed by atoms with Crippen LogP contribution in [0.15, 0.2) is 48.5 Å². The van der Waals surface area contributed by atoms with Crippen molar-refractivity contribution in [2.24, 2.45) is 0 Å². The topological polar surface area (TPSA) is 40.6 Å². The maximum atomic E-state index is 13.0. The fourth-order valence-corrected chi connectivity index (χ4v) is 3.61. The zero-order chi connectivity index (χ0) is 19.4. The minimum Gasteiger partial charge on any atom is -0.336 e. The van der Waals surface area contributed by atoms with Gasteiger partial charge < -0.3 is 9.80 Å². The molecular formula is C23H28N2O2. The monoisotopic (exact) mass is 364 g/mol. The zero-order valence-corrected chi connectivity index (χ0v) is 16.4. The van der Waals surface area contributed by atoms with E-state index < -0.39 is 0 Å². The minimum absolute atomic E-state index is 0.0194. The molecule has 1 fully saturated rings. The van der Waals surface area contributed by atoms with Crippen LogP contribution in [-0.4, -0.2) is 40.7 Å². The first kappa shape index (κ1) is 19.2. The van der Waals surface area contributed by atoms with Gasteiger partial charge in [0, 0.05) is 37.7 Å². The van der Waals surface area contributed by atoms with Crippen LogP contribution >= 0.6 is 0 Å². The molecule has 2 aromatic carbocycles. The number of nitrogens with zero attached hydrogens (tertiary/aromatic N) is 2. The van der Waals surface area contributed by atoms with Crippen LogP contribution in [-0.2, 0) is 11.3 Å². The second-order valence-corrected chi connectivity index (χ2v) is 7.37. The summed E-state index contributed by atoms with van der Waals surface area (Å²) in [4.78, 5) is 29.6. The summed E-state index contributed by atoms with van der Waals surface area (Å²) in [7, 11) is 0. The number of hydrogen-bond donors (Lipinski definition) is 0. The average molecular weight is 364 g/mol. The number of amides is 2. The van der Waals surface area contributed by atoms with E-state index in [-0.39, 0.29) is 17.9 Å². The van der Waals surface area contributed by atoms with Crippen LogP contribution in [0.2, 0.25) is 0 Å². The molecule has 2 aromatic rings. The molecule has 0 saturated carbocycles. The van der Waals surface area contributed by atoms with Gasteiger partial charge in [-0.2, -0.15) is 0 Å². The molecule has 3 rings (SSSR count). The molecule has 2 amide bonds. The predicted octanol–water partition coefficient (Wildman–Crippen LogP) is 3.96. The molecule has 0 aromatic heterocycles. The van der Waals surface area contributed by atoms with Crippen LogP contribution in [0.1, 0.15) is 46.8 Å². The van der Waals surface area contributed by atoms with E-state index in [1.54, 1.807) is 0 Å². The summed E-state index contributed by atoms with van der Waals surface area (Å²) in [6.45, 7) is 7.81. The molecule has 1 aliphatic heterocycles. The van der Waals surface area contributed by atoms with Crippen molar-refractivity contribution in [3.8, 4) is 0 Å². The summed E-state index contributed by atoms with van der Waals surface area (Å²) < 4.78 is 0. The molecule has 0 spiro atoms. The second kappa shape index (κ2) is 8.38. The molecule has 27 heavy (non-hydrogen) atoms. The lowest BCUT2D eigenvalue weighted by molar-refractivity contribution is -0.133. The Hall–Kier alpha value is -2.62. The van der Waals surface area contributed by atoms with Crippen molar-refractivity contribution >= 4 is 11.8 Å². The Morgan fingerprint density at radius 1 is 1.07 bits per heavy atom. The third-order valence-electron chi connectivity index (χ3n) is 5.50. The first-order chi connectivity index (χ1) is 13.0. The lowest BCUT2D eigenvalue weighted by Gasteiger charge is -2.31. The first-order valence-corrected chi connectivity index (χ1v) is 9.69. The van der Waals surface area contributed by atoms with E-state index in [0.717, 1.165) is 17.5 Å². The average Bonchev–Trinajstić information content (AvgIpc) is 2.84. The SMILES string of the molecule is CC[C@H]1CN(C(=O)c2ccc(C)c(C)c2)CCC(=O)N1Cc1ccccc1. The van der Waals surface area contributed by atoms with Gasteiger partial charge in [0.15, 0.2) is 0 Å². The predicted molar refractivity (Wildman–Crippen MR) is 108 cm³/mol. The van der Waals surface area contributed by atoms with Crippen LogP contribution < -0.4 is 0 Å². The number of carbonyl (C=O) groups is 2. The molecule has 0 unspecified atom stereocenters. The third kappa shape index (κ3) is 4.38. The summed E-state index contributed by atoms with van der Waals surface area (Å²) in [5.41, 5.74) is 4.12. The first-order valence-electron chi connectivity index (χ1n) is 9.69. The Bertz CT molecular complexity index is 816. The lowest BCUT2D eigenvalue weighted by Crippen LogP contribution is -2.43. The molecule has 0 N–H and O–H groups in total. The molecule has 1 heterocycles. The Morgan fingerprint density at radius 3 is 2.48 bits per heavy atom. The van der Waals surface area contributed by atoms with E-state index in [0.29, 0.717) is 31.6 Å². The fourth-order valence-electron chi connectivity index (χ4n) is 3.61. The maximum absolute atomic E-state index is 13.0. The van der Waals surface area contributed by atoms with E-state index in [4.69, 9.17) is 0 Å². The Labute approximate surface area is 161 Å². The highest BCUT2D eigenvalue weighted by atomic mass is 16.2. The summed E-state index contributed by atoms with van der Waals surface area (Å²) in [5.74, 6) is 0.145. The number of aryl methyl sites for hydroxylation is 2. The zero-order valence-electron chi connectivity index (χ0n) is 16.4. The van der Waals surface area contributed by atoms with Gasteiger partial charge in [-0.25, -0.2) is 0 Å². The molecule has 142 valence electrons. The standard InChI is InChI=1S/C23H28N2O2/c1-4-21-16-24(23(27)20-11-10-17(2)18(3)14-20)13-12-22(26)25(21)15-19-8-6-5-7-9-19/h5-11,14,21H,4,12-13,15-16H2,1-3H3/t21-/m0/s1. The number of carbonyl (C=O) groups excluding carboxylic acids is 2. The van der Waals surface area contributed by atoms with E-state index in [2.05, 4.69) is 6.92 Å². The summed E-state index contributed by atoms with van der Waals surface area (Å²) >= 11 is 0. The van der Waals surface area contributed by atoms with Crippen molar-refractivity contribution in [1.29, 1.82) is 0 Å². The quantitative estimate of drug-likeness (QED) is 0.824. The molecule has 4 heteroatoms. The number of benzene rings is 2.